The molecule has 130 valence electrons. The van der Waals surface area contributed by atoms with Gasteiger partial charge >= 0.3 is 0 Å². The quantitative estimate of drug-likeness (QED) is 0.853. The summed E-state index contributed by atoms with van der Waals surface area (Å²) >= 11 is 0. The van der Waals surface area contributed by atoms with Crippen molar-refractivity contribution in [1.29, 1.82) is 0 Å². The standard InChI is InChI=1S/C18H26N4O2/c1-12(2)18(4,5)16-10-22(21-20-16)13(3)17(24)19-15-8-6-14(11-23)7-9-15/h6-10,12-13,23H,11H2,1-5H3,(H,19,24)/t13-/m0/s1. The van der Waals surface area contributed by atoms with Crippen molar-refractivity contribution < 1.29 is 9.90 Å². The topological polar surface area (TPSA) is 80.0 Å². The molecule has 0 saturated heterocycles. The van der Waals surface area contributed by atoms with E-state index in [1.165, 1.54) is 0 Å². The maximum Gasteiger partial charge on any atom is 0.249 e. The first-order chi connectivity index (χ1) is 11.3. The van der Waals surface area contributed by atoms with Crippen LogP contribution in [0.3, 0.4) is 0 Å². The molecule has 0 aliphatic carbocycles. The SMILES string of the molecule is CC(C)C(C)(C)c1cn([C@@H](C)C(=O)Nc2ccc(CO)cc2)nn1. The van der Waals surface area contributed by atoms with E-state index in [1.54, 1.807) is 35.9 Å². The Hall–Kier alpha value is -2.21. The van der Waals surface area contributed by atoms with Gasteiger partial charge in [-0.2, -0.15) is 0 Å². The summed E-state index contributed by atoms with van der Waals surface area (Å²) < 4.78 is 1.59. The molecule has 0 spiro atoms. The van der Waals surface area contributed by atoms with Gasteiger partial charge in [0, 0.05) is 17.3 Å². The van der Waals surface area contributed by atoms with E-state index >= 15 is 0 Å². The minimum Gasteiger partial charge on any atom is -0.392 e. The number of hydrogen-bond acceptors (Lipinski definition) is 4. The monoisotopic (exact) mass is 330 g/mol. The summed E-state index contributed by atoms with van der Waals surface area (Å²) in [5.41, 5.74) is 2.27. The number of anilines is 1. The molecule has 1 amide bonds. The third kappa shape index (κ3) is 3.82. The van der Waals surface area contributed by atoms with Crippen LogP contribution in [0.5, 0.6) is 0 Å². The molecule has 24 heavy (non-hydrogen) atoms. The molecule has 1 atom stereocenters. The van der Waals surface area contributed by atoms with E-state index in [0.29, 0.717) is 11.6 Å². The van der Waals surface area contributed by atoms with Crippen LogP contribution in [0.4, 0.5) is 5.69 Å². The summed E-state index contributed by atoms with van der Waals surface area (Å²) in [6.45, 7) is 10.3. The largest absolute Gasteiger partial charge is 0.392 e. The first kappa shape index (κ1) is 18.1. The lowest BCUT2D eigenvalue weighted by Gasteiger charge is -2.26. The van der Waals surface area contributed by atoms with Gasteiger partial charge in [-0.1, -0.05) is 45.0 Å². The fraction of sp³-hybridized carbons (Fsp3) is 0.500. The van der Waals surface area contributed by atoms with Gasteiger partial charge in [-0.3, -0.25) is 4.79 Å². The number of nitrogens with zero attached hydrogens (tertiary/aromatic N) is 3. The highest BCUT2D eigenvalue weighted by atomic mass is 16.3. The minimum atomic E-state index is -0.466. The summed E-state index contributed by atoms with van der Waals surface area (Å²) in [4.78, 5) is 12.4. The van der Waals surface area contributed by atoms with Crippen molar-refractivity contribution in [1.82, 2.24) is 15.0 Å². The molecule has 0 fully saturated rings. The smallest absolute Gasteiger partial charge is 0.249 e. The molecule has 1 aromatic carbocycles. The van der Waals surface area contributed by atoms with Gasteiger partial charge in [-0.05, 0) is 30.5 Å². The molecular formula is C18H26N4O2. The Morgan fingerprint density at radius 3 is 2.42 bits per heavy atom. The van der Waals surface area contributed by atoms with E-state index < -0.39 is 6.04 Å². The van der Waals surface area contributed by atoms with Crippen molar-refractivity contribution in [3.63, 3.8) is 0 Å². The lowest BCUT2D eigenvalue weighted by molar-refractivity contribution is -0.119. The third-order valence-electron chi connectivity index (χ3n) is 4.79. The second kappa shape index (κ2) is 7.13. The first-order valence-corrected chi connectivity index (χ1v) is 8.18. The van der Waals surface area contributed by atoms with Crippen molar-refractivity contribution in [3.8, 4) is 0 Å². The maximum atomic E-state index is 12.4. The molecule has 0 bridgehead atoms. The van der Waals surface area contributed by atoms with Crippen LogP contribution in [0.25, 0.3) is 0 Å². The van der Waals surface area contributed by atoms with E-state index in [-0.39, 0.29) is 17.9 Å². The number of rotatable bonds is 6. The van der Waals surface area contributed by atoms with Crippen LogP contribution in [0.15, 0.2) is 30.5 Å². The molecule has 0 aliphatic heterocycles. The van der Waals surface area contributed by atoms with Crippen LogP contribution < -0.4 is 5.32 Å². The first-order valence-electron chi connectivity index (χ1n) is 8.18. The number of aliphatic hydroxyl groups is 1. The molecule has 2 aromatic rings. The molecule has 6 nitrogen and oxygen atoms in total. The number of hydrogen-bond donors (Lipinski definition) is 2. The maximum absolute atomic E-state index is 12.4. The zero-order valence-electron chi connectivity index (χ0n) is 14.9. The lowest BCUT2D eigenvalue weighted by Crippen LogP contribution is -2.25. The van der Waals surface area contributed by atoms with E-state index in [0.717, 1.165) is 11.3 Å². The Bertz CT molecular complexity index is 689. The zero-order valence-corrected chi connectivity index (χ0v) is 14.9. The van der Waals surface area contributed by atoms with Crippen molar-refractivity contribution in [2.45, 2.75) is 52.7 Å². The van der Waals surface area contributed by atoms with Gasteiger partial charge in [0.1, 0.15) is 6.04 Å². The fourth-order valence-electron chi connectivity index (χ4n) is 2.12. The molecule has 0 saturated carbocycles. The highest BCUT2D eigenvalue weighted by Gasteiger charge is 2.29. The predicted molar refractivity (Wildman–Crippen MR) is 93.6 cm³/mol. The summed E-state index contributed by atoms with van der Waals surface area (Å²) in [7, 11) is 0. The number of aromatic nitrogens is 3. The molecule has 0 unspecified atom stereocenters. The lowest BCUT2D eigenvalue weighted by atomic mass is 9.79. The second-order valence-corrected chi connectivity index (χ2v) is 6.98. The number of aliphatic hydroxyl groups excluding tert-OH is 1. The van der Waals surface area contributed by atoms with Gasteiger partial charge in [0.25, 0.3) is 0 Å². The van der Waals surface area contributed by atoms with E-state index in [2.05, 4.69) is 43.3 Å². The van der Waals surface area contributed by atoms with Gasteiger partial charge in [0.2, 0.25) is 5.91 Å². The normalized spacial score (nSPS) is 13.1. The number of carbonyl (C=O) groups is 1. The molecule has 1 heterocycles. The Morgan fingerprint density at radius 2 is 1.88 bits per heavy atom. The zero-order chi connectivity index (χ0) is 17.9. The van der Waals surface area contributed by atoms with Crippen molar-refractivity contribution in [2.75, 3.05) is 5.32 Å². The summed E-state index contributed by atoms with van der Waals surface area (Å²) in [5.74, 6) is 0.252. The van der Waals surface area contributed by atoms with Crippen molar-refractivity contribution >= 4 is 11.6 Å². The van der Waals surface area contributed by atoms with E-state index in [9.17, 15) is 4.79 Å². The van der Waals surface area contributed by atoms with Crippen LogP contribution in [0, 0.1) is 5.92 Å². The Morgan fingerprint density at radius 1 is 1.25 bits per heavy atom. The van der Waals surface area contributed by atoms with Gasteiger partial charge in [0.15, 0.2) is 0 Å². The van der Waals surface area contributed by atoms with Crippen LogP contribution in [-0.4, -0.2) is 26.0 Å². The van der Waals surface area contributed by atoms with Gasteiger partial charge < -0.3 is 10.4 Å². The highest BCUT2D eigenvalue weighted by molar-refractivity contribution is 5.93. The Balaban J connectivity index is 2.09. The van der Waals surface area contributed by atoms with Gasteiger partial charge in [0.05, 0.1) is 12.3 Å². The van der Waals surface area contributed by atoms with E-state index in [4.69, 9.17) is 5.11 Å². The van der Waals surface area contributed by atoms with Crippen LogP contribution >= 0.6 is 0 Å². The second-order valence-electron chi connectivity index (χ2n) is 6.98. The highest BCUT2D eigenvalue weighted by Crippen LogP contribution is 2.29. The molecule has 0 radical (unpaired) electrons. The van der Waals surface area contributed by atoms with Gasteiger partial charge in [-0.15, -0.1) is 5.10 Å². The Labute approximate surface area is 142 Å². The predicted octanol–water partition coefficient (Wildman–Crippen LogP) is 2.90. The molecule has 2 N–H and O–H groups in total. The van der Waals surface area contributed by atoms with Crippen LogP contribution in [-0.2, 0) is 16.8 Å². The molecule has 2 rings (SSSR count). The number of benzene rings is 1. The number of amides is 1. The molecular weight excluding hydrogens is 304 g/mol. The summed E-state index contributed by atoms with van der Waals surface area (Å²) in [6, 6.07) is 6.62. The van der Waals surface area contributed by atoms with Crippen LogP contribution in [0.2, 0.25) is 0 Å². The molecule has 1 aromatic heterocycles. The van der Waals surface area contributed by atoms with Crippen molar-refractivity contribution in [3.05, 3.63) is 41.7 Å². The summed E-state index contributed by atoms with van der Waals surface area (Å²) in [6.07, 6.45) is 1.85. The number of nitrogens with one attached hydrogen (secondary N) is 1. The Kier molecular flexibility index (Phi) is 5.39. The summed E-state index contributed by atoms with van der Waals surface area (Å²) in [5, 5.41) is 20.3. The molecule has 6 heteroatoms. The average molecular weight is 330 g/mol. The van der Waals surface area contributed by atoms with Crippen LogP contribution in [0.1, 0.15) is 51.9 Å². The van der Waals surface area contributed by atoms with Gasteiger partial charge in [-0.25, -0.2) is 4.68 Å². The average Bonchev–Trinajstić information content (AvgIpc) is 3.05. The number of carbonyl (C=O) groups excluding carboxylic acids is 1. The third-order valence-corrected chi connectivity index (χ3v) is 4.79. The fourth-order valence-corrected chi connectivity index (χ4v) is 2.12. The van der Waals surface area contributed by atoms with Crippen molar-refractivity contribution in [2.24, 2.45) is 5.92 Å². The molecule has 0 aliphatic rings. The van der Waals surface area contributed by atoms with E-state index in [1.807, 2.05) is 6.20 Å². The minimum absolute atomic E-state index is 0.0159.